The Balaban J connectivity index is 1.71. The zero-order valence-electron chi connectivity index (χ0n) is 15.4. The number of hydrogen-bond donors (Lipinski definition) is 1. The second kappa shape index (κ2) is 9.05. The average Bonchev–Trinajstić information content (AvgIpc) is 2.73. The van der Waals surface area contributed by atoms with Gasteiger partial charge in [0.1, 0.15) is 5.75 Å². The van der Waals surface area contributed by atoms with E-state index in [9.17, 15) is 14.9 Å². The standard InChI is InChI=1S/C19H21N3O6/c1-26-14-6-7-16(21-8-10-27-11-9-21)15(12-14)20-19(23)13-28-18-5-3-2-4-17(18)22(24)25/h2-7,12H,8-11,13H2,1H3,(H,20,23). The lowest BCUT2D eigenvalue weighted by molar-refractivity contribution is -0.385. The summed E-state index contributed by atoms with van der Waals surface area (Å²) in [5, 5.41) is 13.8. The predicted molar refractivity (Wildman–Crippen MR) is 103 cm³/mol. The van der Waals surface area contributed by atoms with Crippen molar-refractivity contribution in [2.45, 2.75) is 0 Å². The van der Waals surface area contributed by atoms with E-state index < -0.39 is 10.8 Å². The fourth-order valence-electron chi connectivity index (χ4n) is 2.88. The van der Waals surface area contributed by atoms with Gasteiger partial charge in [-0.1, -0.05) is 12.1 Å². The van der Waals surface area contributed by atoms with Gasteiger partial charge in [-0.3, -0.25) is 14.9 Å². The number of amides is 1. The number of hydrogen-bond acceptors (Lipinski definition) is 7. The molecule has 28 heavy (non-hydrogen) atoms. The van der Waals surface area contributed by atoms with Gasteiger partial charge in [-0.15, -0.1) is 0 Å². The third-order valence-electron chi connectivity index (χ3n) is 4.25. The minimum atomic E-state index is -0.550. The number of anilines is 2. The van der Waals surface area contributed by atoms with Gasteiger partial charge in [-0.25, -0.2) is 0 Å². The normalized spacial score (nSPS) is 13.7. The van der Waals surface area contributed by atoms with Crippen molar-refractivity contribution in [2.24, 2.45) is 0 Å². The summed E-state index contributed by atoms with van der Waals surface area (Å²) in [5.41, 5.74) is 1.24. The number of rotatable bonds is 7. The number of ether oxygens (including phenoxy) is 3. The Bertz CT molecular complexity index is 851. The molecule has 9 nitrogen and oxygen atoms in total. The second-order valence-electron chi connectivity index (χ2n) is 6.04. The molecule has 3 rings (SSSR count). The highest BCUT2D eigenvalue weighted by atomic mass is 16.6. The van der Waals surface area contributed by atoms with Gasteiger partial charge in [0.15, 0.2) is 12.4 Å². The summed E-state index contributed by atoms with van der Waals surface area (Å²) in [5.74, 6) is 0.217. The van der Waals surface area contributed by atoms with Crippen LogP contribution in [0.3, 0.4) is 0 Å². The molecule has 0 atom stereocenters. The summed E-state index contributed by atoms with van der Waals surface area (Å²) < 4.78 is 16.0. The number of morpholine rings is 1. The van der Waals surface area contributed by atoms with Crippen LogP contribution < -0.4 is 19.7 Å². The van der Waals surface area contributed by atoms with Crippen molar-refractivity contribution >= 4 is 23.0 Å². The summed E-state index contributed by atoms with van der Waals surface area (Å²) in [7, 11) is 1.55. The van der Waals surface area contributed by atoms with E-state index in [1.54, 1.807) is 19.2 Å². The Labute approximate surface area is 162 Å². The lowest BCUT2D eigenvalue weighted by Gasteiger charge is -2.30. The number of methoxy groups -OCH3 is 1. The smallest absolute Gasteiger partial charge is 0.310 e. The maximum Gasteiger partial charge on any atom is 0.310 e. The van der Waals surface area contributed by atoms with Crippen LogP contribution in [0.2, 0.25) is 0 Å². The lowest BCUT2D eigenvalue weighted by atomic mass is 10.2. The van der Waals surface area contributed by atoms with Gasteiger partial charge >= 0.3 is 5.69 Å². The minimum absolute atomic E-state index is 0.0432. The van der Waals surface area contributed by atoms with E-state index in [0.717, 1.165) is 5.69 Å². The monoisotopic (exact) mass is 387 g/mol. The molecule has 1 saturated heterocycles. The van der Waals surface area contributed by atoms with Crippen LogP contribution in [0, 0.1) is 10.1 Å². The molecule has 0 radical (unpaired) electrons. The average molecular weight is 387 g/mol. The third-order valence-corrected chi connectivity index (χ3v) is 4.25. The molecule has 0 unspecified atom stereocenters. The molecular formula is C19H21N3O6. The van der Waals surface area contributed by atoms with E-state index in [1.165, 1.54) is 18.2 Å². The van der Waals surface area contributed by atoms with Crippen molar-refractivity contribution in [1.29, 1.82) is 0 Å². The van der Waals surface area contributed by atoms with Gasteiger partial charge in [0.2, 0.25) is 0 Å². The molecule has 0 saturated carbocycles. The van der Waals surface area contributed by atoms with E-state index in [-0.39, 0.29) is 18.0 Å². The molecule has 9 heteroatoms. The third kappa shape index (κ3) is 4.68. The Kier molecular flexibility index (Phi) is 6.28. The Morgan fingerprint density at radius 3 is 2.71 bits per heavy atom. The van der Waals surface area contributed by atoms with Gasteiger partial charge < -0.3 is 24.4 Å². The van der Waals surface area contributed by atoms with Gasteiger partial charge in [0.05, 0.1) is 36.6 Å². The van der Waals surface area contributed by atoms with Gasteiger partial charge in [-0.05, 0) is 18.2 Å². The molecule has 2 aromatic rings. The number of benzene rings is 2. The Morgan fingerprint density at radius 1 is 1.25 bits per heavy atom. The summed E-state index contributed by atoms with van der Waals surface area (Å²) in [4.78, 5) is 25.0. The molecule has 0 spiro atoms. The summed E-state index contributed by atoms with van der Waals surface area (Å²) in [6, 6.07) is 11.4. The highest BCUT2D eigenvalue weighted by Gasteiger charge is 2.18. The molecule has 1 amide bonds. The first-order valence-corrected chi connectivity index (χ1v) is 8.75. The predicted octanol–water partition coefficient (Wildman–Crippen LogP) is 2.46. The van der Waals surface area contributed by atoms with E-state index in [2.05, 4.69) is 10.2 Å². The molecule has 0 bridgehead atoms. The first kappa shape index (κ1) is 19.4. The Hall–Kier alpha value is -3.33. The van der Waals surface area contributed by atoms with Crippen LogP contribution >= 0.6 is 0 Å². The number of carbonyl (C=O) groups excluding carboxylic acids is 1. The van der Waals surface area contributed by atoms with E-state index in [4.69, 9.17) is 14.2 Å². The number of nitrogens with one attached hydrogen (secondary N) is 1. The molecule has 1 N–H and O–H groups in total. The van der Waals surface area contributed by atoms with Crippen LogP contribution in [-0.2, 0) is 9.53 Å². The SMILES string of the molecule is COc1ccc(N2CCOCC2)c(NC(=O)COc2ccccc2[N+](=O)[O-])c1. The van der Waals surface area contributed by atoms with Gasteiger partial charge in [-0.2, -0.15) is 0 Å². The van der Waals surface area contributed by atoms with Crippen LogP contribution in [-0.4, -0.2) is 50.9 Å². The van der Waals surface area contributed by atoms with Crippen molar-refractivity contribution < 1.29 is 23.9 Å². The van der Waals surface area contributed by atoms with Crippen molar-refractivity contribution in [3.63, 3.8) is 0 Å². The molecular weight excluding hydrogens is 366 g/mol. The van der Waals surface area contributed by atoms with E-state index in [0.29, 0.717) is 37.7 Å². The fourth-order valence-corrected chi connectivity index (χ4v) is 2.88. The largest absolute Gasteiger partial charge is 0.497 e. The van der Waals surface area contributed by atoms with Gasteiger partial charge in [0.25, 0.3) is 5.91 Å². The molecule has 0 aromatic heterocycles. The molecule has 1 aliphatic heterocycles. The summed E-state index contributed by atoms with van der Waals surface area (Å²) >= 11 is 0. The van der Waals surface area contributed by atoms with Gasteiger partial charge in [0, 0.05) is 25.2 Å². The van der Waals surface area contributed by atoms with Crippen LogP contribution in [0.5, 0.6) is 11.5 Å². The van der Waals surface area contributed by atoms with Crippen LogP contribution in [0.4, 0.5) is 17.1 Å². The maximum absolute atomic E-state index is 12.4. The van der Waals surface area contributed by atoms with Crippen LogP contribution in [0.25, 0.3) is 0 Å². The molecule has 1 aliphatic rings. The van der Waals surface area contributed by atoms with Crippen molar-refractivity contribution in [1.82, 2.24) is 0 Å². The topological polar surface area (TPSA) is 103 Å². The highest BCUT2D eigenvalue weighted by molar-refractivity contribution is 5.95. The first-order chi connectivity index (χ1) is 13.6. The van der Waals surface area contributed by atoms with Crippen molar-refractivity contribution in [3.8, 4) is 11.5 Å². The minimum Gasteiger partial charge on any atom is -0.497 e. The second-order valence-corrected chi connectivity index (χ2v) is 6.04. The Morgan fingerprint density at radius 2 is 2.00 bits per heavy atom. The zero-order valence-corrected chi connectivity index (χ0v) is 15.4. The van der Waals surface area contributed by atoms with E-state index in [1.807, 2.05) is 12.1 Å². The zero-order chi connectivity index (χ0) is 19.9. The first-order valence-electron chi connectivity index (χ1n) is 8.75. The van der Waals surface area contributed by atoms with Crippen molar-refractivity contribution in [2.75, 3.05) is 50.2 Å². The maximum atomic E-state index is 12.4. The number of nitro benzene ring substituents is 1. The number of carbonyl (C=O) groups is 1. The number of nitrogens with zero attached hydrogens (tertiary/aromatic N) is 2. The number of para-hydroxylation sites is 2. The number of nitro groups is 1. The van der Waals surface area contributed by atoms with Crippen LogP contribution in [0.15, 0.2) is 42.5 Å². The molecule has 1 heterocycles. The quantitative estimate of drug-likeness (QED) is 0.575. The molecule has 0 aliphatic carbocycles. The summed E-state index contributed by atoms with van der Waals surface area (Å²) in [6.07, 6.45) is 0. The molecule has 2 aromatic carbocycles. The molecule has 1 fully saturated rings. The fraction of sp³-hybridized carbons (Fsp3) is 0.316. The lowest BCUT2D eigenvalue weighted by Crippen LogP contribution is -2.37. The highest BCUT2D eigenvalue weighted by Crippen LogP contribution is 2.31. The molecule has 148 valence electrons. The summed E-state index contributed by atoms with van der Waals surface area (Å²) in [6.45, 7) is 2.29. The van der Waals surface area contributed by atoms with Crippen LogP contribution in [0.1, 0.15) is 0 Å². The van der Waals surface area contributed by atoms with Crippen molar-refractivity contribution in [3.05, 3.63) is 52.6 Å². The van der Waals surface area contributed by atoms with E-state index >= 15 is 0 Å².